The number of hydrogen-bond acceptors (Lipinski definition) is 6. The quantitative estimate of drug-likeness (QED) is 0.637. The van der Waals surface area contributed by atoms with E-state index in [-0.39, 0.29) is 11.6 Å². The number of hydrogen-bond donors (Lipinski definition) is 2. The smallest absolute Gasteiger partial charge is 0.292 e. The summed E-state index contributed by atoms with van der Waals surface area (Å²) in [7, 11) is 1.53. The Morgan fingerprint density at radius 3 is 2.90 bits per heavy atom. The Morgan fingerprint density at radius 2 is 2.29 bits per heavy atom. The summed E-state index contributed by atoms with van der Waals surface area (Å²) in [6.45, 7) is 0.662. The van der Waals surface area contributed by atoms with Gasteiger partial charge in [0, 0.05) is 47.7 Å². The number of carbonyl (C=O) groups excluding carboxylic acids is 1. The predicted octanol–water partition coefficient (Wildman–Crippen LogP) is 2.21. The van der Waals surface area contributed by atoms with Crippen LogP contribution in [0.5, 0.6) is 0 Å². The Labute approximate surface area is 131 Å². The molecule has 1 aliphatic rings. The van der Waals surface area contributed by atoms with E-state index in [1.54, 1.807) is 0 Å². The third kappa shape index (κ3) is 4.28. The van der Waals surface area contributed by atoms with Crippen LogP contribution in [0.1, 0.15) is 10.4 Å². The molecule has 0 bridgehead atoms. The second kappa shape index (κ2) is 7.56. The van der Waals surface area contributed by atoms with Crippen molar-refractivity contribution in [1.82, 2.24) is 5.32 Å². The fourth-order valence-electron chi connectivity index (χ4n) is 2.00. The van der Waals surface area contributed by atoms with Gasteiger partial charge < -0.3 is 10.6 Å². The molecule has 0 saturated carbocycles. The van der Waals surface area contributed by atoms with Gasteiger partial charge in [0.05, 0.1) is 4.92 Å². The zero-order chi connectivity index (χ0) is 15.2. The largest absolute Gasteiger partial charge is 0.378 e. The second-order valence-corrected chi connectivity index (χ2v) is 7.07. The van der Waals surface area contributed by atoms with Gasteiger partial charge in [-0.05, 0) is 12.1 Å². The standard InChI is InChI=1S/C13H17N3O3S2/c1-14-13(17)9-2-3-12(16(18)19)11(6-9)15-7-10-8-20-4-5-21-10/h2-3,6,10,15H,4-5,7-8H2,1H3,(H,14,17). The SMILES string of the molecule is CNC(=O)c1ccc([N+](=O)[O-])c(NCC2CSCCS2)c1. The van der Waals surface area contributed by atoms with Crippen molar-refractivity contribution in [3.8, 4) is 0 Å². The Balaban J connectivity index is 2.13. The molecule has 1 atom stereocenters. The summed E-state index contributed by atoms with van der Waals surface area (Å²) in [5, 5.41) is 17.2. The van der Waals surface area contributed by atoms with E-state index in [1.165, 1.54) is 25.2 Å². The van der Waals surface area contributed by atoms with Crippen molar-refractivity contribution >= 4 is 40.8 Å². The maximum Gasteiger partial charge on any atom is 0.292 e. The van der Waals surface area contributed by atoms with E-state index in [4.69, 9.17) is 0 Å². The Kier molecular flexibility index (Phi) is 5.75. The molecule has 1 fully saturated rings. The van der Waals surface area contributed by atoms with Gasteiger partial charge in [-0.3, -0.25) is 14.9 Å². The number of amides is 1. The topological polar surface area (TPSA) is 84.3 Å². The van der Waals surface area contributed by atoms with Gasteiger partial charge in [-0.15, -0.1) is 0 Å². The number of benzene rings is 1. The van der Waals surface area contributed by atoms with Crippen LogP contribution in [0.25, 0.3) is 0 Å². The van der Waals surface area contributed by atoms with Crippen molar-refractivity contribution in [3.05, 3.63) is 33.9 Å². The van der Waals surface area contributed by atoms with Gasteiger partial charge >= 0.3 is 0 Å². The third-order valence-corrected chi connectivity index (χ3v) is 5.93. The zero-order valence-corrected chi connectivity index (χ0v) is 13.3. The Morgan fingerprint density at radius 1 is 1.48 bits per heavy atom. The average Bonchev–Trinajstić information content (AvgIpc) is 2.52. The zero-order valence-electron chi connectivity index (χ0n) is 11.6. The van der Waals surface area contributed by atoms with Gasteiger partial charge in [-0.2, -0.15) is 23.5 Å². The lowest BCUT2D eigenvalue weighted by Crippen LogP contribution is -2.24. The van der Waals surface area contributed by atoms with Crippen molar-refractivity contribution in [2.45, 2.75) is 5.25 Å². The molecular weight excluding hydrogens is 310 g/mol. The second-order valence-electron chi connectivity index (χ2n) is 4.52. The molecule has 0 aromatic heterocycles. The maximum atomic E-state index is 11.6. The number of nitrogens with one attached hydrogen (secondary N) is 2. The number of carbonyl (C=O) groups is 1. The van der Waals surface area contributed by atoms with Crippen LogP contribution in [0.4, 0.5) is 11.4 Å². The summed E-state index contributed by atoms with van der Waals surface area (Å²) in [4.78, 5) is 22.3. The van der Waals surface area contributed by atoms with Crippen LogP contribution in [0, 0.1) is 10.1 Å². The van der Waals surface area contributed by atoms with Crippen LogP contribution in [0.3, 0.4) is 0 Å². The molecular formula is C13H17N3O3S2. The highest BCUT2D eigenvalue weighted by Crippen LogP contribution is 2.28. The van der Waals surface area contributed by atoms with E-state index in [2.05, 4.69) is 10.6 Å². The van der Waals surface area contributed by atoms with E-state index in [9.17, 15) is 14.9 Å². The summed E-state index contributed by atoms with van der Waals surface area (Å²) < 4.78 is 0. The van der Waals surface area contributed by atoms with E-state index in [1.807, 2.05) is 23.5 Å². The molecule has 2 N–H and O–H groups in total. The average molecular weight is 327 g/mol. The monoisotopic (exact) mass is 327 g/mol. The molecule has 114 valence electrons. The normalized spacial score (nSPS) is 18.0. The molecule has 1 unspecified atom stereocenters. The summed E-state index contributed by atoms with van der Waals surface area (Å²) in [5.74, 6) is 3.06. The number of nitrogens with zero attached hydrogens (tertiary/aromatic N) is 1. The van der Waals surface area contributed by atoms with E-state index >= 15 is 0 Å². The van der Waals surface area contributed by atoms with Gasteiger partial charge in [-0.25, -0.2) is 0 Å². The number of anilines is 1. The first-order valence-electron chi connectivity index (χ1n) is 6.55. The molecule has 1 heterocycles. The minimum Gasteiger partial charge on any atom is -0.378 e. The first-order valence-corrected chi connectivity index (χ1v) is 8.76. The van der Waals surface area contributed by atoms with Crippen molar-refractivity contribution < 1.29 is 9.72 Å². The van der Waals surface area contributed by atoms with Crippen LogP contribution >= 0.6 is 23.5 Å². The summed E-state index contributed by atoms with van der Waals surface area (Å²) in [5.41, 5.74) is 0.810. The van der Waals surface area contributed by atoms with Crippen molar-refractivity contribution in [2.24, 2.45) is 0 Å². The van der Waals surface area contributed by atoms with Crippen molar-refractivity contribution in [2.75, 3.05) is 36.2 Å². The molecule has 2 rings (SSSR count). The summed E-state index contributed by atoms with van der Waals surface area (Å²) in [6.07, 6.45) is 0. The minimum absolute atomic E-state index is 0.00360. The molecule has 1 aromatic carbocycles. The Bertz CT molecular complexity index is 533. The first-order chi connectivity index (χ1) is 10.1. The molecule has 1 aliphatic heterocycles. The van der Waals surface area contributed by atoms with Crippen LogP contribution in [-0.2, 0) is 0 Å². The first kappa shape index (κ1) is 16.0. The molecule has 0 aliphatic carbocycles. The van der Waals surface area contributed by atoms with E-state index in [0.717, 1.165) is 17.3 Å². The minimum atomic E-state index is -0.432. The highest BCUT2D eigenvalue weighted by Gasteiger charge is 2.19. The van der Waals surface area contributed by atoms with Crippen LogP contribution in [-0.4, -0.2) is 46.9 Å². The number of nitro benzene ring substituents is 1. The van der Waals surface area contributed by atoms with Crippen LogP contribution in [0.2, 0.25) is 0 Å². The van der Waals surface area contributed by atoms with Crippen molar-refractivity contribution in [1.29, 1.82) is 0 Å². The number of rotatable bonds is 5. The fraction of sp³-hybridized carbons (Fsp3) is 0.462. The van der Waals surface area contributed by atoms with Crippen LogP contribution < -0.4 is 10.6 Å². The van der Waals surface area contributed by atoms with Crippen molar-refractivity contribution in [3.63, 3.8) is 0 Å². The summed E-state index contributed by atoms with van der Waals surface area (Å²) in [6, 6.07) is 4.38. The maximum absolute atomic E-state index is 11.6. The lowest BCUT2D eigenvalue weighted by atomic mass is 10.1. The lowest BCUT2D eigenvalue weighted by molar-refractivity contribution is -0.384. The fourth-order valence-corrected chi connectivity index (χ4v) is 4.61. The predicted molar refractivity (Wildman–Crippen MR) is 88.5 cm³/mol. The van der Waals surface area contributed by atoms with Gasteiger partial charge in [0.1, 0.15) is 5.69 Å². The van der Waals surface area contributed by atoms with Crippen LogP contribution in [0.15, 0.2) is 18.2 Å². The lowest BCUT2D eigenvalue weighted by Gasteiger charge is -2.21. The van der Waals surface area contributed by atoms with Gasteiger partial charge in [0.2, 0.25) is 0 Å². The van der Waals surface area contributed by atoms with Gasteiger partial charge in [0.15, 0.2) is 0 Å². The molecule has 1 saturated heterocycles. The molecule has 6 nitrogen and oxygen atoms in total. The van der Waals surface area contributed by atoms with Gasteiger partial charge in [-0.1, -0.05) is 0 Å². The van der Waals surface area contributed by atoms with E-state index in [0.29, 0.717) is 23.0 Å². The molecule has 1 amide bonds. The highest BCUT2D eigenvalue weighted by atomic mass is 32.2. The Hall–Kier alpha value is -1.41. The molecule has 1 aromatic rings. The molecule has 0 radical (unpaired) electrons. The molecule has 21 heavy (non-hydrogen) atoms. The number of nitro groups is 1. The van der Waals surface area contributed by atoms with Gasteiger partial charge in [0.25, 0.3) is 11.6 Å². The third-order valence-electron chi connectivity index (χ3n) is 3.09. The van der Waals surface area contributed by atoms with E-state index < -0.39 is 4.92 Å². The molecule has 0 spiro atoms. The summed E-state index contributed by atoms with van der Waals surface area (Å²) >= 11 is 3.78. The number of thioether (sulfide) groups is 2. The molecule has 8 heteroatoms. The highest BCUT2D eigenvalue weighted by molar-refractivity contribution is 8.06.